The molecule has 0 spiro atoms. The molecule has 1 aliphatic heterocycles. The molecule has 11 heteroatoms. The molecule has 5 rings (SSSR count). The fourth-order valence-electron chi connectivity index (χ4n) is 3.80. The van der Waals surface area contributed by atoms with Crippen LogP contribution in [-0.4, -0.2) is 34.5 Å². The maximum absolute atomic E-state index is 13.3. The predicted octanol–water partition coefficient (Wildman–Crippen LogP) is 4.82. The van der Waals surface area contributed by atoms with Gasteiger partial charge in [-0.1, -0.05) is 17.7 Å². The van der Waals surface area contributed by atoms with Crippen molar-refractivity contribution in [1.29, 1.82) is 0 Å². The molecule has 1 aromatic carbocycles. The normalized spacial score (nSPS) is 15.6. The van der Waals surface area contributed by atoms with Crippen molar-refractivity contribution in [1.82, 2.24) is 34.5 Å². The van der Waals surface area contributed by atoms with Gasteiger partial charge in [0, 0.05) is 18.3 Å². The van der Waals surface area contributed by atoms with Gasteiger partial charge in [-0.25, -0.2) is 0 Å². The molecule has 0 amide bonds. The number of pyridine rings is 1. The zero-order valence-electron chi connectivity index (χ0n) is 16.4. The van der Waals surface area contributed by atoms with Crippen molar-refractivity contribution < 1.29 is 13.2 Å². The van der Waals surface area contributed by atoms with E-state index in [9.17, 15) is 13.2 Å². The lowest BCUT2D eigenvalue weighted by atomic mass is 10.1. The van der Waals surface area contributed by atoms with Crippen molar-refractivity contribution in [3.05, 3.63) is 52.7 Å². The largest absolute Gasteiger partial charge is 0.417 e. The highest BCUT2D eigenvalue weighted by molar-refractivity contribution is 6.34. The minimum absolute atomic E-state index is 0.163. The summed E-state index contributed by atoms with van der Waals surface area (Å²) in [5, 5.41) is 16.5. The van der Waals surface area contributed by atoms with E-state index in [1.54, 1.807) is 10.8 Å². The van der Waals surface area contributed by atoms with Crippen LogP contribution in [0.4, 0.5) is 13.2 Å². The Bertz CT molecular complexity index is 1310. The van der Waals surface area contributed by atoms with Crippen LogP contribution in [0.2, 0.25) is 5.02 Å². The molecule has 0 saturated heterocycles. The molecule has 4 heterocycles. The molecule has 1 atom stereocenters. The van der Waals surface area contributed by atoms with Gasteiger partial charge in [0.05, 0.1) is 16.6 Å². The molecule has 0 radical (unpaired) electrons. The number of aryl methyl sites for hydroxylation is 1. The van der Waals surface area contributed by atoms with E-state index in [0.717, 1.165) is 11.6 Å². The van der Waals surface area contributed by atoms with E-state index in [1.807, 2.05) is 30.5 Å². The highest BCUT2D eigenvalue weighted by Gasteiger charge is 2.36. The lowest BCUT2D eigenvalue weighted by molar-refractivity contribution is -0.137. The molecule has 0 bridgehead atoms. The standard InChI is InChI=1S/C20H15ClF3N7/c1-10-6-7-25-14(8-10)17-27-28-18-19-29-26-16(31(19)11(2)9-30(17)18)12-4-3-5-13(15(12)21)20(22,23)24/h3-8,11H,9H2,1-2H3/t11-/m0/s1. The summed E-state index contributed by atoms with van der Waals surface area (Å²) in [5.41, 5.74) is 0.968. The molecule has 0 saturated carbocycles. The molecule has 0 N–H and O–H groups in total. The molecule has 1 aliphatic rings. The maximum Gasteiger partial charge on any atom is 0.417 e. The number of hydrogen-bond donors (Lipinski definition) is 0. The van der Waals surface area contributed by atoms with Crippen LogP contribution in [0, 0.1) is 6.92 Å². The maximum atomic E-state index is 13.3. The van der Waals surface area contributed by atoms with Gasteiger partial charge in [-0.3, -0.25) is 9.55 Å². The minimum Gasteiger partial charge on any atom is -0.301 e. The molecule has 3 aromatic heterocycles. The zero-order valence-corrected chi connectivity index (χ0v) is 17.1. The second-order valence-electron chi connectivity index (χ2n) is 7.41. The summed E-state index contributed by atoms with van der Waals surface area (Å²) in [7, 11) is 0. The highest BCUT2D eigenvalue weighted by atomic mass is 35.5. The Labute approximate surface area is 179 Å². The quantitative estimate of drug-likeness (QED) is 0.442. The van der Waals surface area contributed by atoms with Gasteiger partial charge in [-0.2, -0.15) is 13.2 Å². The monoisotopic (exact) mass is 445 g/mol. The summed E-state index contributed by atoms with van der Waals surface area (Å²) in [4.78, 5) is 4.38. The van der Waals surface area contributed by atoms with Crippen LogP contribution in [0.1, 0.15) is 24.1 Å². The second kappa shape index (κ2) is 6.88. The smallest absolute Gasteiger partial charge is 0.301 e. The average molecular weight is 446 g/mol. The zero-order chi connectivity index (χ0) is 21.9. The first kappa shape index (κ1) is 19.7. The molecule has 0 fully saturated rings. The van der Waals surface area contributed by atoms with Crippen LogP contribution in [0.3, 0.4) is 0 Å². The van der Waals surface area contributed by atoms with Crippen molar-refractivity contribution >= 4 is 11.6 Å². The number of aromatic nitrogens is 7. The van der Waals surface area contributed by atoms with Crippen LogP contribution in [0.5, 0.6) is 0 Å². The fourth-order valence-corrected chi connectivity index (χ4v) is 4.12. The van der Waals surface area contributed by atoms with Gasteiger partial charge in [-0.15, -0.1) is 20.4 Å². The topological polar surface area (TPSA) is 74.3 Å². The van der Waals surface area contributed by atoms with Crippen molar-refractivity contribution in [2.24, 2.45) is 0 Å². The average Bonchev–Trinajstić information content (AvgIpc) is 3.32. The number of benzene rings is 1. The van der Waals surface area contributed by atoms with Crippen LogP contribution >= 0.6 is 11.6 Å². The van der Waals surface area contributed by atoms with Crippen LogP contribution in [0.15, 0.2) is 36.5 Å². The first-order chi connectivity index (χ1) is 14.8. The third-order valence-electron chi connectivity index (χ3n) is 5.22. The third kappa shape index (κ3) is 3.09. The van der Waals surface area contributed by atoms with Crippen molar-refractivity contribution in [2.75, 3.05) is 0 Å². The number of alkyl halides is 3. The van der Waals surface area contributed by atoms with E-state index < -0.39 is 16.8 Å². The molecule has 7 nitrogen and oxygen atoms in total. The molecule has 158 valence electrons. The SMILES string of the molecule is Cc1ccnc(-c2nnc3n2C[C@H](C)n2c(-c4cccc(C(F)(F)F)c4Cl)nnc2-3)c1. The first-order valence-electron chi connectivity index (χ1n) is 9.43. The number of halogens is 4. The molecule has 0 aliphatic carbocycles. The lowest BCUT2D eigenvalue weighted by Gasteiger charge is -2.25. The van der Waals surface area contributed by atoms with Gasteiger partial charge in [0.15, 0.2) is 11.6 Å². The van der Waals surface area contributed by atoms with E-state index in [2.05, 4.69) is 25.4 Å². The number of rotatable bonds is 2. The van der Waals surface area contributed by atoms with E-state index in [-0.39, 0.29) is 17.4 Å². The van der Waals surface area contributed by atoms with Crippen molar-refractivity contribution in [3.63, 3.8) is 0 Å². The summed E-state index contributed by atoms with van der Waals surface area (Å²) >= 11 is 6.13. The van der Waals surface area contributed by atoms with Crippen LogP contribution in [-0.2, 0) is 12.7 Å². The summed E-state index contributed by atoms with van der Waals surface area (Å²) in [6.07, 6.45) is -2.87. The summed E-state index contributed by atoms with van der Waals surface area (Å²) in [5.74, 6) is 1.73. The summed E-state index contributed by atoms with van der Waals surface area (Å²) in [6, 6.07) is 7.38. The van der Waals surface area contributed by atoms with E-state index in [4.69, 9.17) is 11.6 Å². The Morgan fingerprint density at radius 3 is 2.45 bits per heavy atom. The summed E-state index contributed by atoms with van der Waals surface area (Å²) < 4.78 is 43.6. The number of hydrogen-bond acceptors (Lipinski definition) is 5. The van der Waals surface area contributed by atoms with Gasteiger partial charge in [0.1, 0.15) is 5.69 Å². The van der Waals surface area contributed by atoms with Crippen LogP contribution < -0.4 is 0 Å². The first-order valence-corrected chi connectivity index (χ1v) is 9.81. The third-order valence-corrected chi connectivity index (χ3v) is 5.63. The van der Waals surface area contributed by atoms with Crippen molar-refractivity contribution in [3.8, 4) is 34.6 Å². The summed E-state index contributed by atoms with van der Waals surface area (Å²) in [6.45, 7) is 4.36. The van der Waals surface area contributed by atoms with E-state index >= 15 is 0 Å². The fraction of sp³-hybridized carbons (Fsp3) is 0.250. The lowest BCUT2D eigenvalue weighted by Crippen LogP contribution is -2.22. The van der Waals surface area contributed by atoms with Gasteiger partial charge in [-0.05, 0) is 43.7 Å². The van der Waals surface area contributed by atoms with Gasteiger partial charge < -0.3 is 4.57 Å². The Hall–Kier alpha value is -3.27. The van der Waals surface area contributed by atoms with Crippen molar-refractivity contribution in [2.45, 2.75) is 32.6 Å². The Morgan fingerprint density at radius 1 is 1.00 bits per heavy atom. The molecule has 0 unspecified atom stereocenters. The molecular formula is C20H15ClF3N7. The van der Waals surface area contributed by atoms with E-state index in [1.165, 1.54) is 12.1 Å². The predicted molar refractivity (Wildman–Crippen MR) is 107 cm³/mol. The second-order valence-corrected chi connectivity index (χ2v) is 7.79. The number of nitrogens with zero attached hydrogens (tertiary/aromatic N) is 7. The minimum atomic E-state index is -4.57. The molecule has 31 heavy (non-hydrogen) atoms. The Morgan fingerprint density at radius 2 is 1.71 bits per heavy atom. The van der Waals surface area contributed by atoms with E-state index in [0.29, 0.717) is 29.7 Å². The Balaban J connectivity index is 1.65. The molecular weight excluding hydrogens is 431 g/mol. The van der Waals surface area contributed by atoms with Gasteiger partial charge in [0.25, 0.3) is 0 Å². The highest BCUT2D eigenvalue weighted by Crippen LogP contribution is 2.41. The van der Waals surface area contributed by atoms with Gasteiger partial charge >= 0.3 is 6.18 Å². The molecule has 4 aromatic rings. The van der Waals surface area contributed by atoms with Crippen LogP contribution in [0.25, 0.3) is 34.6 Å². The Kier molecular flexibility index (Phi) is 4.37. The number of fused-ring (bicyclic) bond motifs is 3. The van der Waals surface area contributed by atoms with Gasteiger partial charge in [0.2, 0.25) is 11.6 Å².